The van der Waals surface area contributed by atoms with Crippen molar-refractivity contribution in [3.8, 4) is 5.69 Å². The number of aromatic nitrogens is 1. The van der Waals surface area contributed by atoms with Crippen molar-refractivity contribution < 1.29 is 0 Å². The van der Waals surface area contributed by atoms with Crippen LogP contribution in [0.25, 0.3) is 47.7 Å². The van der Waals surface area contributed by atoms with Crippen LogP contribution >= 0.6 is 11.3 Å². The molecule has 1 nitrogen and oxygen atoms in total. The summed E-state index contributed by atoms with van der Waals surface area (Å²) in [6.45, 7) is 11.0. The number of rotatable bonds is 5. The summed E-state index contributed by atoms with van der Waals surface area (Å²) in [7, 11) is -9.21. The number of fused-ring (bicyclic) bond motifs is 10. The van der Waals surface area contributed by atoms with Crippen LogP contribution < -0.4 is 41.5 Å². The lowest BCUT2D eigenvalue weighted by Gasteiger charge is -2.51. The number of thiophene rings is 1. The summed E-state index contributed by atoms with van der Waals surface area (Å²) in [6, 6.07) is 73.4. The van der Waals surface area contributed by atoms with Gasteiger partial charge < -0.3 is 4.57 Å². The fraction of sp³-hybridized carbons (Fsp3) is 0.222. The molecule has 4 bridgehead atoms. The first-order chi connectivity index (χ1) is 29.6. The highest BCUT2D eigenvalue weighted by Gasteiger charge is 2.54. The number of para-hydroxylation sites is 2. The fourth-order valence-electron chi connectivity index (χ4n) is 13.5. The fourth-order valence-corrected chi connectivity index (χ4v) is 49.7. The van der Waals surface area contributed by atoms with Gasteiger partial charge in [0.25, 0.3) is 0 Å². The van der Waals surface area contributed by atoms with Crippen LogP contribution in [0, 0.1) is 0 Å². The van der Waals surface area contributed by atoms with Gasteiger partial charge in [-0.2, -0.15) is 0 Å². The first kappa shape index (κ1) is 37.2. The summed E-state index contributed by atoms with van der Waals surface area (Å²) in [6.07, 6.45) is 0. The van der Waals surface area contributed by atoms with E-state index < -0.39 is 40.4 Å². The van der Waals surface area contributed by atoms with Crippen LogP contribution in [0.4, 0.5) is 0 Å². The van der Waals surface area contributed by atoms with E-state index in [0.29, 0.717) is 0 Å². The highest BCUT2D eigenvalue weighted by atomic mass is 32.1. The van der Waals surface area contributed by atoms with Crippen LogP contribution in [0.1, 0.15) is 0 Å². The van der Waals surface area contributed by atoms with Crippen molar-refractivity contribution in [1.82, 2.24) is 4.57 Å². The van der Waals surface area contributed by atoms with Crippen LogP contribution in [0.5, 0.6) is 0 Å². The third kappa shape index (κ3) is 5.02. The first-order valence-electron chi connectivity index (χ1n) is 22.9. The van der Waals surface area contributed by atoms with Crippen molar-refractivity contribution in [3.63, 3.8) is 0 Å². The predicted octanol–water partition coefficient (Wildman–Crippen LogP) is 9.73. The largest absolute Gasteiger partial charge is 0.309 e. The minimum atomic E-state index is -3.02. The Bertz CT molecular complexity index is 3170. The van der Waals surface area contributed by atoms with Crippen molar-refractivity contribution in [1.29, 1.82) is 0 Å². The number of hydrogen-bond donors (Lipinski definition) is 0. The number of nitrogens with zero attached hydrogens (tertiary/aromatic N) is 1. The van der Waals surface area contributed by atoms with Crippen LogP contribution in [0.2, 0.25) is 74.5 Å². The van der Waals surface area contributed by atoms with E-state index in [1.807, 2.05) is 32.1 Å². The first-order valence-corrected chi connectivity index (χ1v) is 37.4. The highest BCUT2D eigenvalue weighted by molar-refractivity contribution is 7.31. The third-order valence-corrected chi connectivity index (χ3v) is 43.7. The molecular weight excluding hydrogens is 835 g/mol. The van der Waals surface area contributed by atoms with E-state index in [9.17, 15) is 0 Å². The third-order valence-electron chi connectivity index (χ3n) is 17.3. The Morgan fingerprint density at radius 3 is 1.44 bits per heavy atom. The summed E-state index contributed by atoms with van der Waals surface area (Å²) in [5, 5.41) is 19.1. The molecule has 0 spiro atoms. The zero-order valence-electron chi connectivity index (χ0n) is 35.9. The minimum Gasteiger partial charge on any atom is -0.309 e. The van der Waals surface area contributed by atoms with Gasteiger partial charge in [0.2, 0.25) is 0 Å². The molecule has 7 aromatic carbocycles. The smallest absolute Gasteiger partial charge is 0.181 e. The van der Waals surface area contributed by atoms with Gasteiger partial charge in [-0.25, -0.2) is 0 Å². The summed E-state index contributed by atoms with van der Waals surface area (Å²) >= 11 is 2.04. The molecule has 2 saturated heterocycles. The molecule has 9 aromatic rings. The molecule has 8 heterocycles. The SMILES string of the molecule is C[Si]12CC[Si](C)(CC1)c1cc([Si](c3cccc(-n4c5ccccc5c5ccccc54)c3)(c3ccc4c(c3)[Si]3(C)CC[Si]4(C)CC3)c3cccc4c3sc3ccccc34)ccc12. The van der Waals surface area contributed by atoms with E-state index >= 15 is 0 Å². The van der Waals surface area contributed by atoms with Gasteiger partial charge in [-0.3, -0.25) is 0 Å². The molecule has 61 heavy (non-hydrogen) atoms. The summed E-state index contributed by atoms with van der Waals surface area (Å²) in [5.41, 5.74) is 3.83. The van der Waals surface area contributed by atoms with Crippen molar-refractivity contribution in [2.45, 2.75) is 74.5 Å². The van der Waals surface area contributed by atoms with Crippen molar-refractivity contribution in [2.75, 3.05) is 0 Å². The Kier molecular flexibility index (Phi) is 7.85. The maximum atomic E-state index is 2.90. The summed E-state index contributed by atoms with van der Waals surface area (Å²) < 4.78 is 5.45. The van der Waals surface area contributed by atoms with Gasteiger partial charge in [0.15, 0.2) is 8.07 Å². The Balaban J connectivity index is 1.19. The number of benzene rings is 7. The van der Waals surface area contributed by atoms with Crippen molar-refractivity contribution >= 4 is 135 Å². The van der Waals surface area contributed by atoms with E-state index in [1.54, 1.807) is 15.6 Å². The van der Waals surface area contributed by atoms with Gasteiger partial charge in [-0.1, -0.05) is 217 Å². The quantitative estimate of drug-likeness (QED) is 0.120. The molecule has 7 heteroatoms. The molecule has 6 aliphatic heterocycles. The molecule has 0 N–H and O–H groups in total. The molecule has 2 fully saturated rings. The second-order valence-corrected chi connectivity index (χ2v) is 44.2. The van der Waals surface area contributed by atoms with Gasteiger partial charge in [-0.05, 0) is 51.1 Å². The molecule has 0 saturated carbocycles. The molecule has 0 aliphatic carbocycles. The molecule has 0 unspecified atom stereocenters. The molecule has 2 aromatic heterocycles. The molecule has 300 valence electrons. The van der Waals surface area contributed by atoms with Gasteiger partial charge in [0, 0.05) is 36.6 Å². The summed E-state index contributed by atoms with van der Waals surface area (Å²) in [4.78, 5) is 0. The highest BCUT2D eigenvalue weighted by Crippen LogP contribution is 2.42. The average Bonchev–Trinajstić information content (AvgIpc) is 3.85. The van der Waals surface area contributed by atoms with E-state index in [2.05, 4.69) is 182 Å². The van der Waals surface area contributed by atoms with E-state index in [0.717, 1.165) is 0 Å². The molecule has 0 radical (unpaired) electrons. The van der Waals surface area contributed by atoms with E-state index in [1.165, 1.54) is 101 Å². The molecule has 15 rings (SSSR count). The predicted molar refractivity (Wildman–Crippen MR) is 281 cm³/mol. The summed E-state index contributed by atoms with van der Waals surface area (Å²) in [5.74, 6) is 0. The maximum absolute atomic E-state index is 3.02. The van der Waals surface area contributed by atoms with Crippen LogP contribution in [0.3, 0.4) is 0 Å². The zero-order chi connectivity index (χ0) is 40.9. The lowest BCUT2D eigenvalue weighted by molar-refractivity contribution is 1.11. The van der Waals surface area contributed by atoms with E-state index in [4.69, 9.17) is 0 Å². The second kappa shape index (κ2) is 12.9. The van der Waals surface area contributed by atoms with Gasteiger partial charge in [0.05, 0.1) is 43.3 Å². The maximum Gasteiger partial charge on any atom is 0.181 e. The lowest BCUT2D eigenvalue weighted by atomic mass is 10.1. The Morgan fingerprint density at radius 2 is 0.869 bits per heavy atom. The van der Waals surface area contributed by atoms with Crippen molar-refractivity contribution in [2.24, 2.45) is 0 Å². The van der Waals surface area contributed by atoms with Gasteiger partial charge in [0.1, 0.15) is 0 Å². The number of hydrogen-bond acceptors (Lipinski definition) is 1. The Hall–Kier alpha value is -4.36. The molecular formula is C54H53NSSi5. The zero-order valence-corrected chi connectivity index (χ0v) is 41.8. The van der Waals surface area contributed by atoms with Crippen LogP contribution in [-0.4, -0.2) is 44.9 Å². The van der Waals surface area contributed by atoms with Crippen LogP contribution in [-0.2, 0) is 0 Å². The van der Waals surface area contributed by atoms with Crippen LogP contribution in [0.15, 0.2) is 152 Å². The molecule has 0 atom stereocenters. The monoisotopic (exact) mass is 887 g/mol. The average molecular weight is 889 g/mol. The van der Waals surface area contributed by atoms with Crippen molar-refractivity contribution in [3.05, 3.63) is 152 Å². The Labute approximate surface area is 369 Å². The second-order valence-electron chi connectivity index (χ2n) is 20.7. The van der Waals surface area contributed by atoms with Gasteiger partial charge in [-0.15, -0.1) is 11.3 Å². The standard InChI is InChI=1S/C54H53NSSi5/c1-57-27-31-59(3,32-28-57)52-36-40(23-25-49(52)57)61(51-22-12-18-45-44-17-7-10-21-48(44)56-54(45)51,41-24-26-50-53(37-41)60(4)33-29-58(50,2)30-34-60)39-14-11-13-38(35-39)55-46-19-8-5-15-42(46)43-16-6-9-20-47(43)55/h5-26,35-37H,27-34H2,1-4H3. The minimum absolute atomic E-state index is 1.27. The Morgan fingerprint density at radius 1 is 0.410 bits per heavy atom. The topological polar surface area (TPSA) is 4.93 Å². The lowest BCUT2D eigenvalue weighted by Crippen LogP contribution is -2.78. The molecule has 6 aliphatic rings. The van der Waals surface area contributed by atoms with E-state index in [-0.39, 0.29) is 0 Å². The normalized spacial score (nSPS) is 26.2. The van der Waals surface area contributed by atoms with Gasteiger partial charge >= 0.3 is 0 Å². The molecule has 0 amide bonds.